The standard InChI is InChI=1S/C4H2F3NO4S/c5-4(6,7)13(9,10)12-3-8-1-2-11-3/h1-2H. The Kier molecular flexibility index (Phi) is 2.20. The van der Waals surface area contributed by atoms with Gasteiger partial charge in [0.05, 0.1) is 6.20 Å². The molecule has 1 heterocycles. The predicted octanol–water partition coefficient (Wildman–Crippen LogP) is 0.903. The van der Waals surface area contributed by atoms with Crippen LogP contribution in [0.2, 0.25) is 0 Å². The summed E-state index contributed by atoms with van der Waals surface area (Å²) in [5.41, 5.74) is -5.48. The summed E-state index contributed by atoms with van der Waals surface area (Å²) in [5, 5.41) is 0. The number of aromatic nitrogens is 1. The summed E-state index contributed by atoms with van der Waals surface area (Å²) >= 11 is 0. The van der Waals surface area contributed by atoms with Crippen molar-refractivity contribution in [1.29, 1.82) is 0 Å². The fourth-order valence-electron chi connectivity index (χ4n) is 0.393. The van der Waals surface area contributed by atoms with Crippen LogP contribution in [0.1, 0.15) is 0 Å². The molecule has 0 aliphatic rings. The summed E-state index contributed by atoms with van der Waals surface area (Å²) in [4.78, 5) is 3.05. The lowest BCUT2D eigenvalue weighted by Gasteiger charge is -2.04. The first kappa shape index (κ1) is 9.84. The second kappa shape index (κ2) is 2.91. The Morgan fingerprint density at radius 1 is 1.46 bits per heavy atom. The van der Waals surface area contributed by atoms with Gasteiger partial charge in [0.25, 0.3) is 0 Å². The minimum atomic E-state index is -5.68. The van der Waals surface area contributed by atoms with E-state index in [4.69, 9.17) is 0 Å². The molecule has 0 unspecified atom stereocenters. The Morgan fingerprint density at radius 2 is 2.08 bits per heavy atom. The van der Waals surface area contributed by atoms with Crippen molar-refractivity contribution in [3.63, 3.8) is 0 Å². The van der Waals surface area contributed by atoms with Gasteiger partial charge in [0.2, 0.25) is 0 Å². The van der Waals surface area contributed by atoms with Gasteiger partial charge >= 0.3 is 21.7 Å². The van der Waals surface area contributed by atoms with Crippen LogP contribution in [0, 0.1) is 0 Å². The molecular weight excluding hydrogens is 215 g/mol. The van der Waals surface area contributed by atoms with Gasteiger partial charge in [0.15, 0.2) is 0 Å². The molecular formula is C4H2F3NO4S. The molecule has 0 saturated heterocycles. The normalized spacial score (nSPS) is 12.8. The number of rotatable bonds is 2. The van der Waals surface area contributed by atoms with Crippen LogP contribution in [-0.4, -0.2) is 18.9 Å². The summed E-state index contributed by atoms with van der Waals surface area (Å²) in [6, 6.07) is 0. The summed E-state index contributed by atoms with van der Waals surface area (Å²) < 4.78 is 63.1. The van der Waals surface area contributed by atoms with Crippen molar-refractivity contribution in [3.05, 3.63) is 12.5 Å². The highest BCUT2D eigenvalue weighted by Crippen LogP contribution is 2.25. The van der Waals surface area contributed by atoms with Crippen molar-refractivity contribution < 1.29 is 30.2 Å². The fraction of sp³-hybridized carbons (Fsp3) is 0.250. The zero-order valence-electron chi connectivity index (χ0n) is 5.78. The van der Waals surface area contributed by atoms with Gasteiger partial charge in [-0.15, -0.1) is 0 Å². The van der Waals surface area contributed by atoms with Crippen LogP contribution in [0.4, 0.5) is 13.2 Å². The molecule has 0 aliphatic carbocycles. The minimum absolute atomic E-state index is 0.876. The van der Waals surface area contributed by atoms with Crippen molar-refractivity contribution in [2.24, 2.45) is 0 Å². The number of alkyl halides is 3. The van der Waals surface area contributed by atoms with Gasteiger partial charge in [-0.3, -0.25) is 0 Å². The molecule has 13 heavy (non-hydrogen) atoms. The molecule has 0 atom stereocenters. The molecule has 9 heteroatoms. The third-order valence-corrected chi connectivity index (χ3v) is 1.80. The molecule has 1 rings (SSSR count). The van der Waals surface area contributed by atoms with Gasteiger partial charge in [-0.2, -0.15) is 26.6 Å². The highest BCUT2D eigenvalue weighted by molar-refractivity contribution is 7.87. The van der Waals surface area contributed by atoms with E-state index in [-0.39, 0.29) is 0 Å². The molecule has 0 aliphatic heterocycles. The molecule has 0 amide bonds. The summed E-state index contributed by atoms with van der Waals surface area (Å²) in [6.45, 7) is 0. The molecule has 5 nitrogen and oxygen atoms in total. The molecule has 0 fully saturated rings. The first-order chi connectivity index (χ1) is 5.83. The largest absolute Gasteiger partial charge is 0.534 e. The van der Waals surface area contributed by atoms with Crippen LogP contribution in [0.5, 0.6) is 6.08 Å². The van der Waals surface area contributed by atoms with Gasteiger partial charge in [0, 0.05) is 0 Å². The van der Waals surface area contributed by atoms with E-state index in [0.29, 0.717) is 0 Å². The van der Waals surface area contributed by atoms with Crippen LogP contribution in [-0.2, 0) is 10.1 Å². The second-order valence-corrected chi connectivity index (χ2v) is 3.32. The zero-order chi connectivity index (χ0) is 10.1. The third kappa shape index (κ3) is 2.11. The lowest BCUT2D eigenvalue weighted by atomic mass is 11.0. The van der Waals surface area contributed by atoms with E-state index in [0.717, 1.165) is 12.5 Å². The first-order valence-corrected chi connectivity index (χ1v) is 4.14. The Hall–Kier alpha value is -1.25. The number of hydrogen-bond acceptors (Lipinski definition) is 5. The lowest BCUT2D eigenvalue weighted by Crippen LogP contribution is -2.28. The van der Waals surface area contributed by atoms with Crippen molar-refractivity contribution in [3.8, 4) is 6.08 Å². The van der Waals surface area contributed by atoms with Crippen LogP contribution in [0.15, 0.2) is 16.9 Å². The number of hydrogen-bond donors (Lipinski definition) is 0. The molecule has 0 aromatic carbocycles. The lowest BCUT2D eigenvalue weighted by molar-refractivity contribution is -0.0508. The Morgan fingerprint density at radius 3 is 2.46 bits per heavy atom. The zero-order valence-corrected chi connectivity index (χ0v) is 6.59. The molecule has 1 aromatic heterocycles. The van der Waals surface area contributed by atoms with E-state index in [9.17, 15) is 21.6 Å². The van der Waals surface area contributed by atoms with Gasteiger partial charge in [0.1, 0.15) is 6.26 Å². The maximum absolute atomic E-state index is 11.6. The van der Waals surface area contributed by atoms with Crippen LogP contribution in [0.25, 0.3) is 0 Å². The van der Waals surface area contributed by atoms with Gasteiger partial charge < -0.3 is 8.60 Å². The Balaban J connectivity index is 2.87. The maximum atomic E-state index is 11.6. The van der Waals surface area contributed by atoms with Crippen molar-refractivity contribution in [1.82, 2.24) is 4.98 Å². The Bertz CT molecular complexity index is 367. The van der Waals surface area contributed by atoms with Gasteiger partial charge in [-0.25, -0.2) is 0 Å². The minimum Gasteiger partial charge on any atom is -0.417 e. The quantitative estimate of drug-likeness (QED) is 0.543. The van der Waals surface area contributed by atoms with Crippen molar-refractivity contribution >= 4 is 10.1 Å². The van der Waals surface area contributed by atoms with E-state index < -0.39 is 21.7 Å². The summed E-state index contributed by atoms with van der Waals surface area (Å²) in [6.07, 6.45) is 0.847. The van der Waals surface area contributed by atoms with Gasteiger partial charge in [-0.1, -0.05) is 0 Å². The monoisotopic (exact) mass is 217 g/mol. The van der Waals surface area contributed by atoms with Crippen molar-refractivity contribution in [2.75, 3.05) is 0 Å². The molecule has 0 spiro atoms. The average Bonchev–Trinajstić information content (AvgIpc) is 2.35. The van der Waals surface area contributed by atoms with E-state index in [1.165, 1.54) is 0 Å². The SMILES string of the molecule is O=S(=O)(Oc1ncco1)C(F)(F)F. The molecule has 0 radical (unpaired) electrons. The predicted molar refractivity (Wildman–Crippen MR) is 32.1 cm³/mol. The van der Waals surface area contributed by atoms with E-state index >= 15 is 0 Å². The molecule has 0 saturated carbocycles. The Labute approximate surface area is 70.3 Å². The topological polar surface area (TPSA) is 69.4 Å². The second-order valence-electron chi connectivity index (χ2n) is 1.78. The van der Waals surface area contributed by atoms with Crippen LogP contribution in [0.3, 0.4) is 0 Å². The number of nitrogens with zero attached hydrogens (tertiary/aromatic N) is 1. The molecule has 0 N–H and O–H groups in total. The van der Waals surface area contributed by atoms with E-state index in [2.05, 4.69) is 13.6 Å². The van der Waals surface area contributed by atoms with E-state index in [1.54, 1.807) is 0 Å². The molecule has 0 bridgehead atoms. The van der Waals surface area contributed by atoms with Gasteiger partial charge in [-0.05, 0) is 0 Å². The summed E-state index contributed by atoms with van der Waals surface area (Å²) in [7, 11) is -5.68. The van der Waals surface area contributed by atoms with Crippen molar-refractivity contribution in [2.45, 2.75) is 5.51 Å². The van der Waals surface area contributed by atoms with Crippen LogP contribution >= 0.6 is 0 Å². The maximum Gasteiger partial charge on any atom is 0.534 e. The molecule has 1 aromatic rings. The fourth-order valence-corrected chi connectivity index (χ4v) is 0.757. The van der Waals surface area contributed by atoms with E-state index in [1.807, 2.05) is 0 Å². The molecule has 74 valence electrons. The highest BCUT2D eigenvalue weighted by atomic mass is 32.2. The highest BCUT2D eigenvalue weighted by Gasteiger charge is 2.49. The average molecular weight is 217 g/mol. The summed E-state index contributed by atoms with van der Waals surface area (Å²) in [5.74, 6) is 0. The van der Waals surface area contributed by atoms with Crippen LogP contribution < -0.4 is 4.18 Å². The number of halogens is 3. The third-order valence-electron chi connectivity index (χ3n) is 0.874. The first-order valence-electron chi connectivity index (χ1n) is 2.73. The number of oxazole rings is 1. The smallest absolute Gasteiger partial charge is 0.417 e.